The lowest BCUT2D eigenvalue weighted by atomic mass is 10.3. The summed E-state index contributed by atoms with van der Waals surface area (Å²) < 4.78 is 13.1. The van der Waals surface area contributed by atoms with Crippen molar-refractivity contribution in [2.75, 3.05) is 0 Å². The number of hydrogen-bond donors (Lipinski definition) is 0. The van der Waals surface area contributed by atoms with E-state index < -0.39 is 6.36 Å². The Morgan fingerprint density at radius 2 is 2.17 bits per heavy atom. The van der Waals surface area contributed by atoms with Gasteiger partial charge in [-0.3, -0.25) is 0 Å². The van der Waals surface area contributed by atoms with Crippen molar-refractivity contribution in [1.82, 2.24) is 4.98 Å². The molecule has 2 nitrogen and oxygen atoms in total. The molecule has 1 heterocycles. The molecule has 0 bridgehead atoms. The minimum atomic E-state index is -2.21. The number of para-hydroxylation sites is 1. The molecule has 1 aromatic heterocycles. The zero-order chi connectivity index (χ0) is 8.55. The molecule has 2 rings (SSSR count). The summed E-state index contributed by atoms with van der Waals surface area (Å²) in [6.45, 7) is 0. The van der Waals surface area contributed by atoms with Gasteiger partial charge in [0.15, 0.2) is 5.01 Å². The summed E-state index contributed by atoms with van der Waals surface area (Å²) in [7, 11) is 0. The Labute approximate surface area is 72.3 Å². The van der Waals surface area contributed by atoms with Crippen molar-refractivity contribution in [2.45, 2.75) is 6.36 Å². The van der Waals surface area contributed by atoms with Gasteiger partial charge >= 0.3 is 0 Å². The topological polar surface area (TPSA) is 32.8 Å². The number of hydrogen-bond acceptors (Lipinski definition) is 2. The fourth-order valence-corrected chi connectivity index (χ4v) is 1.81. The highest BCUT2D eigenvalue weighted by Crippen LogP contribution is 2.26. The van der Waals surface area contributed by atoms with Crippen LogP contribution in [0.15, 0.2) is 24.3 Å². The Hall–Kier alpha value is -1.00. The Bertz CT molecular complexity index is 366. The molecule has 1 unspecified atom stereocenters. The van der Waals surface area contributed by atoms with Crippen LogP contribution in [0.4, 0.5) is 4.39 Å². The summed E-state index contributed by atoms with van der Waals surface area (Å²) in [5, 5.41) is 10.4. The molecule has 1 aromatic carbocycles. The molecule has 0 aliphatic rings. The van der Waals surface area contributed by atoms with Crippen molar-refractivity contribution in [1.29, 1.82) is 0 Å². The maximum atomic E-state index is 12.3. The second-order valence-corrected chi connectivity index (χ2v) is 3.40. The number of nitrogens with zero attached hydrogens (tertiary/aromatic N) is 1. The van der Waals surface area contributed by atoms with Gasteiger partial charge in [0.25, 0.3) is 6.36 Å². The van der Waals surface area contributed by atoms with Crippen molar-refractivity contribution < 1.29 is 9.50 Å². The summed E-state index contributed by atoms with van der Waals surface area (Å²) in [4.78, 5) is 3.84. The highest BCUT2D eigenvalue weighted by atomic mass is 32.1. The Morgan fingerprint density at radius 3 is 2.83 bits per heavy atom. The molecule has 0 saturated heterocycles. The predicted octanol–water partition coefficient (Wildman–Crippen LogP) is 2.69. The predicted molar refractivity (Wildman–Crippen MR) is 44.2 cm³/mol. The summed E-state index contributed by atoms with van der Waals surface area (Å²) in [6, 6.07) is 7.23. The first-order valence-electron chi connectivity index (χ1n) is 3.43. The average molecular weight is 182 g/mol. The van der Waals surface area contributed by atoms with Gasteiger partial charge in [0.1, 0.15) is 0 Å². The first-order valence-corrected chi connectivity index (χ1v) is 4.24. The van der Waals surface area contributed by atoms with Crippen LogP contribution in [0.5, 0.6) is 0 Å². The molecule has 1 atom stereocenters. The second kappa shape index (κ2) is 2.80. The molecule has 61 valence electrons. The number of rotatable bonds is 1. The normalized spacial score (nSPS) is 13.5. The van der Waals surface area contributed by atoms with E-state index in [0.717, 1.165) is 16.0 Å². The van der Waals surface area contributed by atoms with E-state index in [9.17, 15) is 9.50 Å². The van der Waals surface area contributed by atoms with Gasteiger partial charge in [-0.25, -0.2) is 9.37 Å². The van der Waals surface area contributed by atoms with Crippen molar-refractivity contribution in [2.24, 2.45) is 0 Å². The van der Waals surface area contributed by atoms with Gasteiger partial charge < -0.3 is 0 Å². The van der Waals surface area contributed by atoms with E-state index in [4.69, 9.17) is 0 Å². The number of halogens is 1. The van der Waals surface area contributed by atoms with Gasteiger partial charge in [-0.2, -0.15) is 5.11 Å². The Morgan fingerprint density at radius 1 is 1.42 bits per heavy atom. The maximum Gasteiger partial charge on any atom is 0.282 e. The summed E-state index contributed by atoms with van der Waals surface area (Å²) >= 11 is 1.11. The zero-order valence-corrected chi connectivity index (χ0v) is 6.84. The SMILES string of the molecule is [O]C(F)c1nc2ccccc2s1. The van der Waals surface area contributed by atoms with E-state index in [0.29, 0.717) is 5.52 Å². The standard InChI is InChI=1S/C8H5FNOS/c9-7(11)8-10-5-3-1-2-4-6(5)12-8/h1-4,7H. The van der Waals surface area contributed by atoms with Crippen LogP contribution in [-0.2, 0) is 5.11 Å². The molecule has 0 fully saturated rings. The molecule has 1 radical (unpaired) electrons. The van der Waals surface area contributed by atoms with Gasteiger partial charge in [0.05, 0.1) is 10.2 Å². The summed E-state index contributed by atoms with van der Waals surface area (Å²) in [6.07, 6.45) is -2.21. The van der Waals surface area contributed by atoms with Crippen LogP contribution in [0, 0.1) is 0 Å². The largest absolute Gasteiger partial charge is 0.282 e. The van der Waals surface area contributed by atoms with E-state index >= 15 is 0 Å². The monoisotopic (exact) mass is 182 g/mol. The average Bonchev–Trinajstić information content (AvgIpc) is 2.46. The summed E-state index contributed by atoms with van der Waals surface area (Å²) in [5.41, 5.74) is 0.691. The van der Waals surface area contributed by atoms with Crippen LogP contribution in [0.25, 0.3) is 10.2 Å². The number of alkyl halides is 1. The second-order valence-electron chi connectivity index (χ2n) is 2.34. The molecule has 0 spiro atoms. The minimum absolute atomic E-state index is 0.0104. The molecule has 4 heteroatoms. The smallest absolute Gasteiger partial charge is 0.235 e. The van der Waals surface area contributed by atoms with E-state index in [-0.39, 0.29) is 5.01 Å². The maximum absolute atomic E-state index is 12.3. The molecular weight excluding hydrogens is 177 g/mol. The number of aromatic nitrogens is 1. The molecule has 0 saturated carbocycles. The summed E-state index contributed by atoms with van der Waals surface area (Å²) in [5.74, 6) is 0. The van der Waals surface area contributed by atoms with Gasteiger partial charge in [-0.05, 0) is 12.1 Å². The van der Waals surface area contributed by atoms with Crippen molar-refractivity contribution in [3.05, 3.63) is 29.3 Å². The molecule has 2 aromatic rings. The molecule has 12 heavy (non-hydrogen) atoms. The highest BCUT2D eigenvalue weighted by Gasteiger charge is 2.11. The van der Waals surface area contributed by atoms with Crippen LogP contribution in [0.3, 0.4) is 0 Å². The molecule has 0 amide bonds. The third kappa shape index (κ3) is 1.19. The molecule has 0 N–H and O–H groups in total. The molecular formula is C8H5FNOS. The van der Waals surface area contributed by atoms with Crippen molar-refractivity contribution in [3.8, 4) is 0 Å². The Balaban J connectivity index is 2.62. The zero-order valence-electron chi connectivity index (χ0n) is 6.03. The fraction of sp³-hybridized carbons (Fsp3) is 0.125. The highest BCUT2D eigenvalue weighted by molar-refractivity contribution is 7.18. The lowest BCUT2D eigenvalue weighted by molar-refractivity contribution is -0.0247. The first-order chi connectivity index (χ1) is 5.77. The number of thiazole rings is 1. The number of fused-ring (bicyclic) bond motifs is 1. The third-order valence-electron chi connectivity index (χ3n) is 1.50. The third-order valence-corrected chi connectivity index (χ3v) is 2.56. The van der Waals surface area contributed by atoms with Crippen molar-refractivity contribution in [3.63, 3.8) is 0 Å². The minimum Gasteiger partial charge on any atom is -0.235 e. The van der Waals surface area contributed by atoms with Crippen LogP contribution < -0.4 is 0 Å². The Kier molecular flexibility index (Phi) is 1.78. The van der Waals surface area contributed by atoms with Crippen LogP contribution in [-0.4, -0.2) is 4.98 Å². The van der Waals surface area contributed by atoms with Crippen LogP contribution in [0.2, 0.25) is 0 Å². The van der Waals surface area contributed by atoms with E-state index in [1.165, 1.54) is 0 Å². The fourth-order valence-electron chi connectivity index (χ4n) is 0.987. The van der Waals surface area contributed by atoms with Gasteiger partial charge in [0, 0.05) is 0 Å². The lowest BCUT2D eigenvalue weighted by Gasteiger charge is -1.86. The van der Waals surface area contributed by atoms with E-state index in [1.807, 2.05) is 18.2 Å². The van der Waals surface area contributed by atoms with Crippen LogP contribution in [0.1, 0.15) is 11.4 Å². The van der Waals surface area contributed by atoms with Gasteiger partial charge in [-0.1, -0.05) is 12.1 Å². The lowest BCUT2D eigenvalue weighted by Crippen LogP contribution is -1.83. The quantitative estimate of drug-likeness (QED) is 0.667. The number of benzene rings is 1. The molecule has 0 aliphatic heterocycles. The van der Waals surface area contributed by atoms with Gasteiger partial charge in [0.2, 0.25) is 0 Å². The van der Waals surface area contributed by atoms with Crippen molar-refractivity contribution >= 4 is 21.6 Å². The van der Waals surface area contributed by atoms with E-state index in [2.05, 4.69) is 4.98 Å². The van der Waals surface area contributed by atoms with E-state index in [1.54, 1.807) is 6.07 Å². The first kappa shape index (κ1) is 7.64. The van der Waals surface area contributed by atoms with Gasteiger partial charge in [-0.15, -0.1) is 11.3 Å². The van der Waals surface area contributed by atoms with Crippen LogP contribution >= 0.6 is 11.3 Å². The molecule has 0 aliphatic carbocycles.